The number of phosphoric ester groups is 3. The Kier molecular flexibility index (Phi) is 18.8. The second-order valence-electron chi connectivity index (χ2n) is 22.0. The number of nitrogens with zero attached hydrogens (tertiary/aromatic N) is 4. The van der Waals surface area contributed by atoms with Crippen LogP contribution in [0.5, 0.6) is 0 Å². The molecule has 1 saturated heterocycles. The Morgan fingerprint density at radius 2 is 1.65 bits per heavy atom. The summed E-state index contributed by atoms with van der Waals surface area (Å²) in [7, 11) is -17.6. The van der Waals surface area contributed by atoms with Crippen molar-refractivity contribution in [1.29, 1.82) is 0 Å². The van der Waals surface area contributed by atoms with Gasteiger partial charge >= 0.3 is 0 Å². The second kappa shape index (κ2) is 23.5. The zero-order chi connectivity index (χ0) is 54.2. The molecule has 7 N–H and O–H groups in total. The molecule has 418 valence electrons. The fourth-order valence-corrected chi connectivity index (χ4v) is 16.5. The summed E-state index contributed by atoms with van der Waals surface area (Å²) in [6, 6.07) is 0. The minimum absolute atomic E-state index is 0.0193. The molecule has 0 spiro atoms. The summed E-state index contributed by atoms with van der Waals surface area (Å²) in [5.41, 5.74) is 4.72. The van der Waals surface area contributed by atoms with Crippen molar-refractivity contribution < 1.29 is 85.6 Å². The minimum Gasteiger partial charge on any atom is -0.790 e. The number of hydrogen-bond acceptors (Lipinski definition) is 23. The first-order valence-electron chi connectivity index (χ1n) is 25.2. The summed E-state index contributed by atoms with van der Waals surface area (Å²) in [4.78, 5) is 98.2. The summed E-state index contributed by atoms with van der Waals surface area (Å²) in [6.07, 6.45) is 4.03. The summed E-state index contributed by atoms with van der Waals surface area (Å²) >= 11 is 1.17. The van der Waals surface area contributed by atoms with Gasteiger partial charge in [0.25, 0.3) is 15.6 Å². The van der Waals surface area contributed by atoms with Crippen molar-refractivity contribution in [3.05, 3.63) is 12.7 Å². The quantitative estimate of drug-likeness (QED) is 0.0679. The molecule has 5 fully saturated rings. The first kappa shape index (κ1) is 59.2. The zero-order valence-electron chi connectivity index (χ0n) is 42.2. The summed E-state index contributed by atoms with van der Waals surface area (Å²) in [5.74, 6) is 2.71. The van der Waals surface area contributed by atoms with Crippen molar-refractivity contribution in [2.75, 3.05) is 37.8 Å². The maximum Gasteiger partial charge on any atom is 0.274 e. The van der Waals surface area contributed by atoms with Gasteiger partial charge in [-0.3, -0.25) is 28.1 Å². The van der Waals surface area contributed by atoms with E-state index in [1.165, 1.54) is 64.1 Å². The van der Waals surface area contributed by atoms with Crippen molar-refractivity contribution in [3.63, 3.8) is 0 Å². The fraction of sp³-hybridized carbons (Fsp3) is 0.822. The van der Waals surface area contributed by atoms with E-state index in [2.05, 4.69) is 64.2 Å². The molecule has 74 heavy (non-hydrogen) atoms. The Labute approximate surface area is 434 Å². The van der Waals surface area contributed by atoms with Crippen LogP contribution in [0.15, 0.2) is 12.7 Å². The average molecular weight is 1120 g/mol. The van der Waals surface area contributed by atoms with Crippen molar-refractivity contribution in [2.24, 2.45) is 51.8 Å². The normalized spacial score (nSPS) is 33.6. The van der Waals surface area contributed by atoms with Crippen LogP contribution in [-0.2, 0) is 50.7 Å². The predicted molar refractivity (Wildman–Crippen MR) is 258 cm³/mol. The second-order valence-corrected chi connectivity index (χ2v) is 27.2. The number of hydrogen-bond donors (Lipinski definition) is 6. The van der Waals surface area contributed by atoms with E-state index in [1.807, 2.05) is 0 Å². The van der Waals surface area contributed by atoms with Crippen LogP contribution in [0, 0.1) is 51.8 Å². The predicted octanol–water partition coefficient (Wildman–Crippen LogP) is 1.57. The number of thioether (sulfide) groups is 1. The van der Waals surface area contributed by atoms with Gasteiger partial charge in [0, 0.05) is 37.1 Å². The van der Waals surface area contributed by atoms with Gasteiger partial charge in [0.2, 0.25) is 11.8 Å². The van der Waals surface area contributed by atoms with E-state index in [9.17, 15) is 63.0 Å². The summed E-state index contributed by atoms with van der Waals surface area (Å²) in [6.45, 7) is 7.50. The van der Waals surface area contributed by atoms with Gasteiger partial charge in [0.05, 0.1) is 33.5 Å². The SMILES string of the molecule is C[C@H](CCC(=O)SCCNC(=O)CCNC(=O)[C@H](O)C(C)(C)COP(=O)([O-])OP(=O)([O-])OC[C@H]1O[C@@H](n2cnc3c(N)ncnc32)[C@H](O)[C@@H]1OP(=O)([O-])[O-])C1CC[C@H]2[C@@H]3CC[C@@H]4C[C@H](O)CC[C@]4(C)[C@H]3CC[C@]12C. The molecule has 0 radical (unpaired) electrons. The number of amides is 2. The molecule has 4 aliphatic carbocycles. The average Bonchev–Trinajstić information content (AvgIpc) is 4.00. The number of aliphatic hydroxyl groups excluding tert-OH is 3. The van der Waals surface area contributed by atoms with Crippen LogP contribution in [0.3, 0.4) is 0 Å². The van der Waals surface area contributed by atoms with Crippen LogP contribution in [0.25, 0.3) is 11.2 Å². The molecule has 4 saturated carbocycles. The number of nitrogens with one attached hydrogen (secondary N) is 2. The van der Waals surface area contributed by atoms with Gasteiger partial charge < -0.3 is 74.1 Å². The number of anilines is 1. The molecular weight excluding hydrogens is 1050 g/mol. The van der Waals surface area contributed by atoms with Gasteiger partial charge in [0.15, 0.2) is 22.8 Å². The van der Waals surface area contributed by atoms with Crippen LogP contribution < -0.4 is 35.9 Å². The molecule has 16 atom stereocenters. The van der Waals surface area contributed by atoms with E-state index in [0.717, 1.165) is 60.7 Å². The van der Waals surface area contributed by atoms with E-state index in [0.29, 0.717) is 35.3 Å². The lowest BCUT2D eigenvalue weighted by Gasteiger charge is -2.61. The third kappa shape index (κ3) is 13.7. The lowest BCUT2D eigenvalue weighted by molar-refractivity contribution is -0.347. The number of carbonyl (C=O) groups excluding carboxylic acids is 3. The smallest absolute Gasteiger partial charge is 0.274 e. The van der Waals surface area contributed by atoms with Gasteiger partial charge in [-0.1, -0.05) is 46.4 Å². The van der Waals surface area contributed by atoms with E-state index in [4.69, 9.17) is 10.5 Å². The highest BCUT2D eigenvalue weighted by molar-refractivity contribution is 8.13. The molecule has 2 aromatic rings. The van der Waals surface area contributed by atoms with Crippen LogP contribution >= 0.6 is 35.2 Å². The minimum atomic E-state index is -5.93. The van der Waals surface area contributed by atoms with E-state index < -0.39 is 84.6 Å². The van der Waals surface area contributed by atoms with E-state index in [1.54, 1.807) is 0 Å². The van der Waals surface area contributed by atoms with Crippen LogP contribution in [0.2, 0.25) is 0 Å². The molecule has 3 unspecified atom stereocenters. The Morgan fingerprint density at radius 3 is 2.38 bits per heavy atom. The highest BCUT2D eigenvalue weighted by Gasteiger charge is 2.60. The third-order valence-corrected chi connectivity index (χ3v) is 20.9. The molecule has 2 amide bonds. The topological polar surface area (TPSA) is 395 Å². The third-order valence-electron chi connectivity index (χ3n) is 16.9. The molecule has 3 heterocycles. The number of fused-ring (bicyclic) bond motifs is 6. The molecule has 1 aliphatic heterocycles. The lowest BCUT2D eigenvalue weighted by atomic mass is 9.44. The van der Waals surface area contributed by atoms with Gasteiger partial charge in [-0.2, -0.15) is 0 Å². The molecule has 0 bridgehead atoms. The molecule has 5 aliphatic rings. The highest BCUT2D eigenvalue weighted by Crippen LogP contribution is 2.68. The molecule has 7 rings (SSSR count). The summed E-state index contributed by atoms with van der Waals surface area (Å²) in [5, 5.41) is 37.1. The Hall–Kier alpha value is -2.48. The van der Waals surface area contributed by atoms with Gasteiger partial charge in [-0.05, 0) is 111 Å². The number of ether oxygens (including phenoxy) is 1. The van der Waals surface area contributed by atoms with Gasteiger partial charge in [0.1, 0.15) is 36.3 Å². The van der Waals surface area contributed by atoms with Crippen LogP contribution in [0.4, 0.5) is 5.82 Å². The lowest BCUT2D eigenvalue weighted by Crippen LogP contribution is -2.54. The van der Waals surface area contributed by atoms with Gasteiger partial charge in [-0.15, -0.1) is 0 Å². The van der Waals surface area contributed by atoms with Crippen LogP contribution in [0.1, 0.15) is 118 Å². The number of phosphoric acid groups is 3. The number of nitrogens with two attached hydrogens (primary N) is 1. The zero-order valence-corrected chi connectivity index (χ0v) is 45.7. The molecule has 0 aromatic carbocycles. The standard InChI is InChI=1S/C45H74N7O18P3S/c1-25(29-9-10-30-28-8-7-26-20-27(53)12-15-44(26,4)31(28)13-16-45(29,30)5)6-11-34(55)74-19-18-47-33(54)14-17-48-41(58)38(57)43(2,3)22-67-73(64,65)70-72(62,63)66-21-32-37(69-71(59,60)61)36(56)42(68-32)52-24-51-35-39(46)49-23-50-40(35)52/h23-32,36-38,42,53,56-57H,6-22H2,1-5H3,(H,47,54)(H,48,58)(H,62,63)(H,64,65)(H2,46,49,50)(H2,59,60,61)/p-4/t25-,26-,27-,28+,29?,30+,31+,32-,36-,37-,38+,42-,44+,45-/m1/s1. The van der Waals surface area contributed by atoms with E-state index in [-0.39, 0.29) is 53.1 Å². The molecular formula is C45H70N7O18P3S-4. The number of rotatable bonds is 23. The number of nitrogen functional groups attached to an aromatic ring is 1. The molecule has 25 nitrogen and oxygen atoms in total. The number of carbonyl (C=O) groups is 3. The Balaban J connectivity index is 0.774. The Bertz CT molecular complexity index is 2490. The van der Waals surface area contributed by atoms with Crippen LogP contribution in [-0.4, -0.2) is 114 Å². The number of imidazole rings is 1. The van der Waals surface area contributed by atoms with Crippen molar-refractivity contribution in [2.45, 2.75) is 148 Å². The molecule has 29 heteroatoms. The summed E-state index contributed by atoms with van der Waals surface area (Å²) < 4.78 is 61.1. The van der Waals surface area contributed by atoms with Crippen molar-refractivity contribution in [1.82, 2.24) is 30.2 Å². The highest BCUT2D eigenvalue weighted by atomic mass is 32.2. The fourth-order valence-electron chi connectivity index (χ4n) is 13.1. The maximum absolute atomic E-state index is 12.9. The first-order chi connectivity index (χ1) is 34.5. The monoisotopic (exact) mass is 1120 g/mol. The number of aromatic nitrogens is 4. The van der Waals surface area contributed by atoms with E-state index >= 15 is 0 Å². The maximum atomic E-state index is 12.9. The van der Waals surface area contributed by atoms with Gasteiger partial charge in [-0.25, -0.2) is 19.3 Å². The molecule has 2 aromatic heterocycles. The Morgan fingerprint density at radius 1 is 0.946 bits per heavy atom. The van der Waals surface area contributed by atoms with Crippen molar-refractivity contribution in [3.8, 4) is 0 Å². The largest absolute Gasteiger partial charge is 0.790 e. The first-order valence-corrected chi connectivity index (χ1v) is 30.6. The number of aliphatic hydroxyl groups is 3. The van der Waals surface area contributed by atoms with Crippen molar-refractivity contribution >= 4 is 69.1 Å².